The Bertz CT molecular complexity index is 601. The van der Waals surface area contributed by atoms with Gasteiger partial charge in [-0.3, -0.25) is 0 Å². The van der Waals surface area contributed by atoms with Gasteiger partial charge in [-0.05, 0) is 37.2 Å². The molecule has 0 saturated heterocycles. The normalized spacial score (nSPS) is 10.9. The predicted octanol–water partition coefficient (Wildman–Crippen LogP) is 4.40. The number of hydrogen-bond donors (Lipinski definition) is 1. The second-order valence-corrected chi connectivity index (χ2v) is 5.45. The maximum atomic E-state index is 13.5. The van der Waals surface area contributed by atoms with E-state index < -0.39 is 11.6 Å². The van der Waals surface area contributed by atoms with Crippen molar-refractivity contribution in [3.8, 4) is 5.75 Å². The second kappa shape index (κ2) is 7.56. The summed E-state index contributed by atoms with van der Waals surface area (Å²) in [7, 11) is 0. The maximum Gasteiger partial charge on any atom is 0.200 e. The van der Waals surface area contributed by atoms with Gasteiger partial charge in [0.05, 0.1) is 6.54 Å². The van der Waals surface area contributed by atoms with E-state index >= 15 is 0 Å². The van der Waals surface area contributed by atoms with Gasteiger partial charge in [-0.1, -0.05) is 22.9 Å². The zero-order chi connectivity index (χ0) is 15.2. The first-order valence-electron chi connectivity index (χ1n) is 6.65. The first-order valence-corrected chi connectivity index (χ1v) is 7.45. The average molecular weight is 360 g/mol. The van der Waals surface area contributed by atoms with Crippen molar-refractivity contribution in [3.05, 3.63) is 51.9 Å². The lowest BCUT2D eigenvalue weighted by molar-refractivity contribution is 0.250. The summed E-state index contributed by atoms with van der Waals surface area (Å²) in [4.78, 5) is 0. The van der Waals surface area contributed by atoms with Crippen LogP contribution in [0.15, 0.2) is 33.2 Å². The van der Waals surface area contributed by atoms with Crippen molar-refractivity contribution >= 4 is 15.9 Å². The van der Waals surface area contributed by atoms with Gasteiger partial charge in [-0.25, -0.2) is 4.39 Å². The Morgan fingerprint density at radius 1 is 1.24 bits per heavy atom. The summed E-state index contributed by atoms with van der Waals surface area (Å²) in [5, 5.41) is 3.21. The SMILES string of the molecule is CCCNCc1ccc(COc2cc(Br)cc(F)c2F)o1. The Kier molecular flexibility index (Phi) is 5.76. The van der Waals surface area contributed by atoms with Crippen LogP contribution < -0.4 is 10.1 Å². The van der Waals surface area contributed by atoms with Gasteiger partial charge in [-0.2, -0.15) is 4.39 Å². The van der Waals surface area contributed by atoms with Crippen molar-refractivity contribution in [2.75, 3.05) is 6.54 Å². The van der Waals surface area contributed by atoms with E-state index in [0.29, 0.717) is 16.8 Å². The van der Waals surface area contributed by atoms with E-state index in [4.69, 9.17) is 9.15 Å². The lowest BCUT2D eigenvalue weighted by Gasteiger charge is -2.07. The van der Waals surface area contributed by atoms with E-state index in [1.807, 2.05) is 6.07 Å². The second-order valence-electron chi connectivity index (χ2n) is 4.53. The van der Waals surface area contributed by atoms with E-state index in [0.717, 1.165) is 24.8 Å². The van der Waals surface area contributed by atoms with Gasteiger partial charge in [0, 0.05) is 4.47 Å². The molecular weight excluding hydrogens is 344 g/mol. The highest BCUT2D eigenvalue weighted by Gasteiger charge is 2.12. The number of halogens is 3. The van der Waals surface area contributed by atoms with Crippen LogP contribution in [0.4, 0.5) is 8.78 Å². The number of hydrogen-bond acceptors (Lipinski definition) is 3. The average Bonchev–Trinajstić information content (AvgIpc) is 2.89. The quantitative estimate of drug-likeness (QED) is 0.587. The molecular formula is C15H16BrF2NO2. The molecule has 1 aromatic carbocycles. The molecule has 0 fully saturated rings. The molecule has 2 aromatic rings. The van der Waals surface area contributed by atoms with Crippen LogP contribution in [0.25, 0.3) is 0 Å². The first-order chi connectivity index (χ1) is 10.1. The molecule has 1 heterocycles. The zero-order valence-corrected chi connectivity index (χ0v) is 13.2. The number of nitrogens with one attached hydrogen (secondary N) is 1. The molecule has 0 unspecified atom stereocenters. The van der Waals surface area contributed by atoms with Crippen molar-refractivity contribution in [3.63, 3.8) is 0 Å². The minimum Gasteiger partial charge on any atom is -0.482 e. The number of ether oxygens (including phenoxy) is 1. The van der Waals surface area contributed by atoms with Crippen LogP contribution in [-0.2, 0) is 13.2 Å². The van der Waals surface area contributed by atoms with E-state index in [2.05, 4.69) is 28.2 Å². The van der Waals surface area contributed by atoms with Crippen LogP contribution in [0.2, 0.25) is 0 Å². The molecule has 0 saturated carbocycles. The van der Waals surface area contributed by atoms with Crippen LogP contribution in [0, 0.1) is 11.6 Å². The predicted molar refractivity (Wildman–Crippen MR) is 79.1 cm³/mol. The molecule has 0 spiro atoms. The molecule has 0 aliphatic rings. The van der Waals surface area contributed by atoms with Crippen molar-refractivity contribution in [1.82, 2.24) is 5.32 Å². The van der Waals surface area contributed by atoms with Gasteiger partial charge >= 0.3 is 0 Å². The van der Waals surface area contributed by atoms with Gasteiger partial charge < -0.3 is 14.5 Å². The van der Waals surface area contributed by atoms with E-state index in [1.54, 1.807) is 6.07 Å². The van der Waals surface area contributed by atoms with Gasteiger partial charge in [-0.15, -0.1) is 0 Å². The molecule has 0 atom stereocenters. The van der Waals surface area contributed by atoms with Crippen LogP contribution in [0.3, 0.4) is 0 Å². The van der Waals surface area contributed by atoms with Gasteiger partial charge in [0.2, 0.25) is 5.82 Å². The molecule has 1 N–H and O–H groups in total. The maximum absolute atomic E-state index is 13.5. The molecule has 6 heteroatoms. The Hall–Kier alpha value is -1.40. The van der Waals surface area contributed by atoms with Gasteiger partial charge in [0.25, 0.3) is 0 Å². The fourth-order valence-electron chi connectivity index (χ4n) is 1.77. The molecule has 1 aromatic heterocycles. The molecule has 0 radical (unpaired) electrons. The molecule has 2 rings (SSSR count). The van der Waals surface area contributed by atoms with Gasteiger partial charge in [0.1, 0.15) is 18.1 Å². The fraction of sp³-hybridized carbons (Fsp3) is 0.333. The fourth-order valence-corrected chi connectivity index (χ4v) is 2.18. The zero-order valence-electron chi connectivity index (χ0n) is 11.6. The Morgan fingerprint density at radius 2 is 2.00 bits per heavy atom. The topological polar surface area (TPSA) is 34.4 Å². The van der Waals surface area contributed by atoms with Crippen molar-refractivity contribution in [2.24, 2.45) is 0 Å². The molecule has 0 aliphatic carbocycles. The third-order valence-corrected chi connectivity index (χ3v) is 3.23. The van der Waals surface area contributed by atoms with Crippen molar-refractivity contribution in [2.45, 2.75) is 26.5 Å². The molecule has 0 amide bonds. The molecule has 0 aliphatic heterocycles. The number of benzene rings is 1. The van der Waals surface area contributed by atoms with Crippen LogP contribution in [0.5, 0.6) is 5.75 Å². The summed E-state index contributed by atoms with van der Waals surface area (Å²) in [6, 6.07) is 6.02. The smallest absolute Gasteiger partial charge is 0.200 e. The monoisotopic (exact) mass is 359 g/mol. The van der Waals surface area contributed by atoms with Crippen molar-refractivity contribution in [1.29, 1.82) is 0 Å². The van der Waals surface area contributed by atoms with Crippen molar-refractivity contribution < 1.29 is 17.9 Å². The summed E-state index contributed by atoms with van der Waals surface area (Å²) >= 11 is 3.09. The summed E-state index contributed by atoms with van der Waals surface area (Å²) < 4.78 is 38.0. The van der Waals surface area contributed by atoms with Gasteiger partial charge in [0.15, 0.2) is 11.6 Å². The highest BCUT2D eigenvalue weighted by molar-refractivity contribution is 9.10. The van der Waals surface area contributed by atoms with Crippen LogP contribution >= 0.6 is 15.9 Å². The third kappa shape index (κ3) is 4.54. The van der Waals surface area contributed by atoms with E-state index in [1.165, 1.54) is 6.07 Å². The molecule has 114 valence electrons. The highest BCUT2D eigenvalue weighted by Crippen LogP contribution is 2.26. The molecule has 3 nitrogen and oxygen atoms in total. The minimum absolute atomic E-state index is 0.0423. The van der Waals surface area contributed by atoms with E-state index in [9.17, 15) is 8.78 Å². The summed E-state index contributed by atoms with van der Waals surface area (Å²) in [5.74, 6) is -0.771. The number of furan rings is 1. The summed E-state index contributed by atoms with van der Waals surface area (Å²) in [6.07, 6.45) is 1.05. The Balaban J connectivity index is 1.94. The lowest BCUT2D eigenvalue weighted by Crippen LogP contribution is -2.13. The summed E-state index contributed by atoms with van der Waals surface area (Å²) in [6.45, 7) is 3.67. The lowest BCUT2D eigenvalue weighted by atomic mass is 10.3. The Morgan fingerprint density at radius 3 is 2.76 bits per heavy atom. The Labute approximate surface area is 130 Å². The highest BCUT2D eigenvalue weighted by atomic mass is 79.9. The molecule has 21 heavy (non-hydrogen) atoms. The largest absolute Gasteiger partial charge is 0.482 e. The summed E-state index contributed by atoms with van der Waals surface area (Å²) in [5.41, 5.74) is 0. The van der Waals surface area contributed by atoms with Crippen LogP contribution in [0.1, 0.15) is 24.9 Å². The molecule has 0 bridgehead atoms. The minimum atomic E-state index is -1.01. The van der Waals surface area contributed by atoms with E-state index in [-0.39, 0.29) is 12.4 Å². The number of rotatable bonds is 7. The van der Waals surface area contributed by atoms with Crippen LogP contribution in [-0.4, -0.2) is 6.54 Å². The third-order valence-electron chi connectivity index (χ3n) is 2.77. The standard InChI is InChI=1S/C15H16BrF2NO2/c1-2-5-19-8-11-3-4-12(21-11)9-20-14-7-10(16)6-13(17)15(14)18/h3-4,6-7,19H,2,5,8-9H2,1H3. The first kappa shape index (κ1) is 16.0.